The zero-order chi connectivity index (χ0) is 22.4. The maximum absolute atomic E-state index is 12.9. The van der Waals surface area contributed by atoms with Crippen LogP contribution in [-0.2, 0) is 11.4 Å². The molecule has 1 aromatic heterocycles. The molecule has 1 atom stereocenters. The summed E-state index contributed by atoms with van der Waals surface area (Å²) in [4.78, 5) is 24.5. The first-order chi connectivity index (χ1) is 14.8. The number of carbonyl (C=O) groups is 2. The van der Waals surface area contributed by atoms with Crippen molar-refractivity contribution in [1.29, 1.82) is 0 Å². The molecule has 0 radical (unpaired) electrons. The van der Waals surface area contributed by atoms with E-state index in [1.54, 1.807) is 31.2 Å². The quantitative estimate of drug-likeness (QED) is 0.561. The Bertz CT molecular complexity index is 1050. The molecule has 1 heterocycles. The van der Waals surface area contributed by atoms with Crippen molar-refractivity contribution in [2.45, 2.75) is 33.5 Å². The van der Waals surface area contributed by atoms with E-state index in [9.17, 15) is 14.0 Å². The predicted octanol–water partition coefficient (Wildman–Crippen LogP) is 3.24. The first-order valence-corrected chi connectivity index (χ1v) is 9.50. The summed E-state index contributed by atoms with van der Waals surface area (Å²) in [5, 5.41) is 3.87. The van der Waals surface area contributed by atoms with E-state index in [4.69, 9.17) is 14.0 Å². The van der Waals surface area contributed by atoms with E-state index < -0.39 is 23.7 Å². The number of aryl methyl sites for hydroxylation is 2. The number of amides is 2. The number of aromatic nitrogens is 1. The van der Waals surface area contributed by atoms with Gasteiger partial charge in [-0.05, 0) is 63.2 Å². The Morgan fingerprint density at radius 2 is 1.84 bits per heavy atom. The molecular weight excluding hydrogens is 405 g/mol. The molecule has 2 aromatic carbocycles. The van der Waals surface area contributed by atoms with Gasteiger partial charge < -0.3 is 14.0 Å². The Hall–Kier alpha value is -3.88. The van der Waals surface area contributed by atoms with Gasteiger partial charge in [-0.25, -0.2) is 4.39 Å². The molecule has 0 aliphatic carbocycles. The van der Waals surface area contributed by atoms with Crippen LogP contribution in [0.1, 0.15) is 34.3 Å². The van der Waals surface area contributed by atoms with Crippen molar-refractivity contribution in [2.24, 2.45) is 0 Å². The van der Waals surface area contributed by atoms with Gasteiger partial charge in [-0.2, -0.15) is 0 Å². The van der Waals surface area contributed by atoms with Gasteiger partial charge in [0.1, 0.15) is 29.7 Å². The van der Waals surface area contributed by atoms with E-state index >= 15 is 0 Å². The Morgan fingerprint density at radius 1 is 1.10 bits per heavy atom. The van der Waals surface area contributed by atoms with Crippen molar-refractivity contribution in [3.63, 3.8) is 0 Å². The molecule has 0 saturated heterocycles. The highest BCUT2D eigenvalue weighted by molar-refractivity contribution is 5.96. The van der Waals surface area contributed by atoms with Crippen LogP contribution in [0.25, 0.3) is 0 Å². The molecule has 3 aromatic rings. The van der Waals surface area contributed by atoms with E-state index in [-0.39, 0.29) is 6.61 Å². The van der Waals surface area contributed by atoms with Crippen LogP contribution in [0.2, 0.25) is 0 Å². The summed E-state index contributed by atoms with van der Waals surface area (Å²) in [5.74, 6) is -0.0140. The predicted molar refractivity (Wildman–Crippen MR) is 109 cm³/mol. The average Bonchev–Trinajstić information content (AvgIpc) is 3.09. The zero-order valence-electron chi connectivity index (χ0n) is 17.3. The second kappa shape index (κ2) is 9.75. The molecule has 0 aliphatic rings. The number of halogens is 1. The van der Waals surface area contributed by atoms with Crippen LogP contribution in [0.15, 0.2) is 53.1 Å². The Balaban J connectivity index is 1.52. The van der Waals surface area contributed by atoms with Crippen molar-refractivity contribution in [3.05, 3.63) is 76.9 Å². The number of nitrogens with zero attached hydrogens (tertiary/aromatic N) is 1. The lowest BCUT2D eigenvalue weighted by Gasteiger charge is -2.15. The fourth-order valence-corrected chi connectivity index (χ4v) is 2.65. The third-order valence-electron chi connectivity index (χ3n) is 4.46. The number of nitrogens with one attached hydrogen (secondary N) is 2. The monoisotopic (exact) mass is 427 g/mol. The number of hydrogen-bond acceptors (Lipinski definition) is 6. The number of rotatable bonds is 7. The summed E-state index contributed by atoms with van der Waals surface area (Å²) in [5.41, 5.74) is 6.51. The highest BCUT2D eigenvalue weighted by Gasteiger charge is 2.16. The third kappa shape index (κ3) is 5.81. The largest absolute Gasteiger partial charge is 0.489 e. The maximum atomic E-state index is 12.9. The molecule has 1 unspecified atom stereocenters. The second-order valence-electron chi connectivity index (χ2n) is 6.78. The highest BCUT2D eigenvalue weighted by Crippen LogP contribution is 2.18. The molecule has 0 spiro atoms. The van der Waals surface area contributed by atoms with Gasteiger partial charge in [0.15, 0.2) is 6.10 Å². The van der Waals surface area contributed by atoms with E-state index in [0.717, 1.165) is 11.3 Å². The lowest BCUT2D eigenvalue weighted by molar-refractivity contribution is -0.128. The summed E-state index contributed by atoms with van der Waals surface area (Å²) in [6.45, 7) is 5.38. The molecule has 0 aliphatic heterocycles. The standard InChI is InChI=1S/C22H22FN3O5/c1-13-20(14(2)31-26-13)12-29-19-6-4-5-16(11-19)22(28)25-24-21(27)15(3)30-18-9-7-17(23)8-10-18/h4-11,15H,12H2,1-3H3,(H,24,27)(H,25,28). The first-order valence-electron chi connectivity index (χ1n) is 9.50. The van der Waals surface area contributed by atoms with Crippen molar-refractivity contribution >= 4 is 11.8 Å². The van der Waals surface area contributed by atoms with Crippen LogP contribution in [0.4, 0.5) is 4.39 Å². The molecule has 0 saturated carbocycles. The van der Waals surface area contributed by atoms with Crippen LogP contribution >= 0.6 is 0 Å². The van der Waals surface area contributed by atoms with Gasteiger partial charge in [0.25, 0.3) is 11.8 Å². The average molecular weight is 427 g/mol. The second-order valence-corrected chi connectivity index (χ2v) is 6.78. The molecule has 3 rings (SSSR count). The molecule has 0 fully saturated rings. The summed E-state index contributed by atoms with van der Waals surface area (Å²) in [6.07, 6.45) is -0.907. The minimum Gasteiger partial charge on any atom is -0.489 e. The molecule has 2 amide bonds. The number of hydrazine groups is 1. The minimum absolute atomic E-state index is 0.251. The number of ether oxygens (including phenoxy) is 2. The Morgan fingerprint density at radius 3 is 2.52 bits per heavy atom. The van der Waals surface area contributed by atoms with E-state index in [1.165, 1.54) is 31.2 Å². The van der Waals surface area contributed by atoms with Crippen LogP contribution in [0.5, 0.6) is 11.5 Å². The molecule has 8 nitrogen and oxygen atoms in total. The first kappa shape index (κ1) is 21.8. The van der Waals surface area contributed by atoms with Crippen LogP contribution in [0.3, 0.4) is 0 Å². The van der Waals surface area contributed by atoms with Gasteiger partial charge in [-0.3, -0.25) is 20.4 Å². The summed E-state index contributed by atoms with van der Waals surface area (Å²) in [7, 11) is 0. The lowest BCUT2D eigenvalue weighted by Crippen LogP contribution is -2.47. The summed E-state index contributed by atoms with van der Waals surface area (Å²) in [6, 6.07) is 11.8. The van der Waals surface area contributed by atoms with Gasteiger partial charge in [0.2, 0.25) is 0 Å². The highest BCUT2D eigenvalue weighted by atomic mass is 19.1. The summed E-state index contributed by atoms with van der Waals surface area (Å²) >= 11 is 0. The van der Waals surface area contributed by atoms with Crippen LogP contribution in [0, 0.1) is 19.7 Å². The van der Waals surface area contributed by atoms with E-state index in [2.05, 4.69) is 16.0 Å². The Kier molecular flexibility index (Phi) is 6.86. The molecule has 31 heavy (non-hydrogen) atoms. The maximum Gasteiger partial charge on any atom is 0.279 e. The number of benzene rings is 2. The van der Waals surface area contributed by atoms with Crippen LogP contribution in [-0.4, -0.2) is 23.1 Å². The number of carbonyl (C=O) groups excluding carboxylic acids is 2. The minimum atomic E-state index is -0.907. The van der Waals surface area contributed by atoms with E-state index in [0.29, 0.717) is 22.8 Å². The molecule has 162 valence electrons. The molecule has 0 bridgehead atoms. The van der Waals surface area contributed by atoms with E-state index in [1.807, 2.05) is 6.92 Å². The molecule has 2 N–H and O–H groups in total. The van der Waals surface area contributed by atoms with Crippen molar-refractivity contribution in [2.75, 3.05) is 0 Å². The smallest absolute Gasteiger partial charge is 0.279 e. The van der Waals surface area contributed by atoms with Gasteiger partial charge in [0.05, 0.1) is 11.3 Å². The fraction of sp³-hybridized carbons (Fsp3) is 0.227. The van der Waals surface area contributed by atoms with Gasteiger partial charge in [0, 0.05) is 5.56 Å². The van der Waals surface area contributed by atoms with Gasteiger partial charge in [-0.1, -0.05) is 11.2 Å². The Labute approximate surface area is 178 Å². The van der Waals surface area contributed by atoms with Gasteiger partial charge in [-0.15, -0.1) is 0 Å². The van der Waals surface area contributed by atoms with Crippen molar-refractivity contribution in [3.8, 4) is 11.5 Å². The molecular formula is C22H22FN3O5. The van der Waals surface area contributed by atoms with Crippen molar-refractivity contribution in [1.82, 2.24) is 16.0 Å². The topological polar surface area (TPSA) is 103 Å². The molecule has 9 heteroatoms. The normalized spacial score (nSPS) is 11.5. The summed E-state index contributed by atoms with van der Waals surface area (Å²) < 4.78 is 29.2. The van der Waals surface area contributed by atoms with Crippen molar-refractivity contribution < 1.29 is 28.0 Å². The number of hydrogen-bond donors (Lipinski definition) is 2. The van der Waals surface area contributed by atoms with Crippen LogP contribution < -0.4 is 20.3 Å². The lowest BCUT2D eigenvalue weighted by atomic mass is 10.2. The zero-order valence-corrected chi connectivity index (χ0v) is 17.3. The van der Waals surface area contributed by atoms with Gasteiger partial charge >= 0.3 is 0 Å². The SMILES string of the molecule is Cc1noc(C)c1COc1cccc(C(=O)NNC(=O)C(C)Oc2ccc(F)cc2)c1. The third-order valence-corrected chi connectivity index (χ3v) is 4.46. The fourth-order valence-electron chi connectivity index (χ4n) is 2.65.